The van der Waals surface area contributed by atoms with E-state index in [0.717, 1.165) is 27.5 Å². The number of aryl methyl sites for hydroxylation is 1. The normalized spacial score (nSPS) is 14.2. The maximum atomic E-state index is 14.0. The fraction of sp³-hybridized carbons (Fsp3) is 0.294. The molecule has 4 aromatic rings. The van der Waals surface area contributed by atoms with Crippen molar-refractivity contribution in [2.24, 2.45) is 0 Å². The molecule has 218 valence electrons. The summed E-state index contributed by atoms with van der Waals surface area (Å²) in [5, 5.41) is 4.60. The number of carbonyl (C=O) groups is 2. The Labute approximate surface area is 248 Å². The molecule has 0 saturated heterocycles. The first kappa shape index (κ1) is 29.3. The van der Waals surface area contributed by atoms with Gasteiger partial charge in [0.2, 0.25) is 11.8 Å². The highest BCUT2D eigenvalue weighted by molar-refractivity contribution is 7.93. The van der Waals surface area contributed by atoms with Crippen molar-refractivity contribution in [3.63, 3.8) is 0 Å². The zero-order chi connectivity index (χ0) is 29.9. The highest BCUT2D eigenvalue weighted by Crippen LogP contribution is 2.42. The fourth-order valence-electron chi connectivity index (χ4n) is 5.66. The summed E-state index contributed by atoms with van der Waals surface area (Å²) in [5.41, 5.74) is 3.60. The smallest absolute Gasteiger partial charge is 0.265 e. The van der Waals surface area contributed by atoms with Crippen molar-refractivity contribution in [3.8, 4) is 0 Å². The predicted octanol–water partition coefficient (Wildman–Crippen LogP) is 5.60. The largest absolute Gasteiger partial charge is 0.352 e. The molecule has 1 atom stereocenters. The number of carbonyl (C=O) groups excluding carboxylic acids is 2. The van der Waals surface area contributed by atoms with Gasteiger partial charge < -0.3 is 10.2 Å². The minimum Gasteiger partial charge on any atom is -0.352 e. The average Bonchev–Trinajstić information content (AvgIpc) is 3.18. The lowest BCUT2D eigenvalue weighted by atomic mass is 10.0. The Bertz CT molecular complexity index is 1700. The van der Waals surface area contributed by atoms with Gasteiger partial charge in [-0.05, 0) is 55.8 Å². The van der Waals surface area contributed by atoms with Crippen molar-refractivity contribution in [2.75, 3.05) is 10.8 Å². The van der Waals surface area contributed by atoms with Crippen LogP contribution >= 0.6 is 0 Å². The molecule has 0 fully saturated rings. The van der Waals surface area contributed by atoms with E-state index >= 15 is 0 Å². The van der Waals surface area contributed by atoms with Gasteiger partial charge in [-0.25, -0.2) is 8.42 Å². The molecule has 7 nitrogen and oxygen atoms in total. The summed E-state index contributed by atoms with van der Waals surface area (Å²) in [7, 11) is -3.71. The molecule has 0 bridgehead atoms. The van der Waals surface area contributed by atoms with E-state index in [0.29, 0.717) is 23.4 Å². The first-order valence-electron chi connectivity index (χ1n) is 14.4. The van der Waals surface area contributed by atoms with Gasteiger partial charge in [-0.1, -0.05) is 84.4 Å². The molecule has 8 heteroatoms. The Morgan fingerprint density at radius 2 is 1.57 bits per heavy atom. The van der Waals surface area contributed by atoms with Gasteiger partial charge in [-0.2, -0.15) is 0 Å². The highest BCUT2D eigenvalue weighted by atomic mass is 32.2. The van der Waals surface area contributed by atoms with Gasteiger partial charge in [-0.15, -0.1) is 0 Å². The van der Waals surface area contributed by atoms with Crippen LogP contribution in [0.3, 0.4) is 0 Å². The molecule has 42 heavy (non-hydrogen) atoms. The molecular weight excluding hydrogens is 546 g/mol. The molecule has 0 aromatic heterocycles. The summed E-state index contributed by atoms with van der Waals surface area (Å²) in [6.07, 6.45) is 0.787. The van der Waals surface area contributed by atoms with Gasteiger partial charge in [0.25, 0.3) is 10.0 Å². The first-order valence-corrected chi connectivity index (χ1v) is 15.8. The van der Waals surface area contributed by atoms with Crippen LogP contribution in [-0.2, 0) is 32.6 Å². The number of rotatable bonds is 11. The Hall–Kier alpha value is -4.17. The van der Waals surface area contributed by atoms with Crippen LogP contribution in [0.5, 0.6) is 0 Å². The number of benzene rings is 4. The van der Waals surface area contributed by atoms with Crippen molar-refractivity contribution in [1.82, 2.24) is 10.2 Å². The van der Waals surface area contributed by atoms with Gasteiger partial charge >= 0.3 is 0 Å². The second-order valence-electron chi connectivity index (χ2n) is 11.2. The summed E-state index contributed by atoms with van der Waals surface area (Å²) in [6, 6.07) is 27.7. The van der Waals surface area contributed by atoms with Crippen LogP contribution in [0.2, 0.25) is 0 Å². The molecule has 0 saturated carbocycles. The van der Waals surface area contributed by atoms with Crippen molar-refractivity contribution >= 4 is 38.3 Å². The van der Waals surface area contributed by atoms with E-state index in [1.165, 1.54) is 4.31 Å². The summed E-state index contributed by atoms with van der Waals surface area (Å²) in [5.74, 6) is -0.400. The zero-order valence-corrected chi connectivity index (χ0v) is 25.1. The number of hydrogen-bond donors (Lipinski definition) is 1. The van der Waals surface area contributed by atoms with Crippen LogP contribution in [0.1, 0.15) is 43.4 Å². The molecule has 0 aliphatic carbocycles. The molecule has 2 amide bonds. The van der Waals surface area contributed by atoms with Crippen molar-refractivity contribution in [2.45, 2.75) is 63.6 Å². The number of anilines is 1. The summed E-state index contributed by atoms with van der Waals surface area (Å²) in [4.78, 5) is 29.5. The third-order valence-corrected chi connectivity index (χ3v) is 9.43. The minimum atomic E-state index is -3.71. The molecule has 5 rings (SSSR count). The molecule has 1 aliphatic rings. The highest BCUT2D eigenvalue weighted by Gasteiger charge is 2.36. The molecule has 1 aliphatic heterocycles. The summed E-state index contributed by atoms with van der Waals surface area (Å²) < 4.78 is 28.3. The van der Waals surface area contributed by atoms with Gasteiger partial charge in [-0.3, -0.25) is 13.9 Å². The molecular formula is C34H37N3O4S. The van der Waals surface area contributed by atoms with Crippen molar-refractivity contribution in [1.29, 1.82) is 0 Å². The van der Waals surface area contributed by atoms with E-state index in [1.54, 1.807) is 17.0 Å². The third-order valence-electron chi connectivity index (χ3n) is 7.57. The zero-order valence-electron chi connectivity index (χ0n) is 24.3. The Balaban J connectivity index is 1.40. The van der Waals surface area contributed by atoms with E-state index in [9.17, 15) is 18.0 Å². The maximum absolute atomic E-state index is 14.0. The molecule has 0 unspecified atom stereocenters. The van der Waals surface area contributed by atoms with Crippen LogP contribution in [-0.4, -0.2) is 43.8 Å². The van der Waals surface area contributed by atoms with Gasteiger partial charge in [0, 0.05) is 37.4 Å². The molecule has 0 radical (unpaired) electrons. The summed E-state index contributed by atoms with van der Waals surface area (Å²) in [6.45, 7) is 6.24. The van der Waals surface area contributed by atoms with Crippen LogP contribution in [0.4, 0.5) is 5.69 Å². The van der Waals surface area contributed by atoms with Gasteiger partial charge in [0.05, 0.1) is 10.6 Å². The van der Waals surface area contributed by atoms with Crippen LogP contribution in [0.15, 0.2) is 95.9 Å². The number of amides is 2. The van der Waals surface area contributed by atoms with E-state index in [-0.39, 0.29) is 37.4 Å². The van der Waals surface area contributed by atoms with E-state index in [2.05, 4.69) is 5.32 Å². The number of hydrogen-bond acceptors (Lipinski definition) is 4. The summed E-state index contributed by atoms with van der Waals surface area (Å²) >= 11 is 0. The topological polar surface area (TPSA) is 86.8 Å². The molecule has 0 spiro atoms. The van der Waals surface area contributed by atoms with Crippen LogP contribution in [0.25, 0.3) is 10.8 Å². The second-order valence-corrected chi connectivity index (χ2v) is 13.0. The van der Waals surface area contributed by atoms with Crippen molar-refractivity contribution < 1.29 is 18.0 Å². The fourth-order valence-corrected chi connectivity index (χ4v) is 7.41. The number of nitrogens with one attached hydrogen (secondary N) is 1. The predicted molar refractivity (Wildman–Crippen MR) is 167 cm³/mol. The quantitative estimate of drug-likeness (QED) is 0.249. The van der Waals surface area contributed by atoms with Gasteiger partial charge in [0.15, 0.2) is 0 Å². The lowest BCUT2D eigenvalue weighted by Crippen LogP contribution is -2.51. The standard InChI is InChI=1S/C34H37N3O4S/c1-24(2)35-34(39)30(22-26-12-5-4-6-13-26)36(23-27-14-7-11-25(3)21-27)32(38)19-10-20-37-29-17-8-15-28-16-9-18-31(33(28)29)42(37,40)41/h4-9,11-18,21,24,30H,10,19-20,22-23H2,1-3H3,(H,35,39)/t30-/m0/s1. The van der Waals surface area contributed by atoms with E-state index < -0.39 is 16.1 Å². The van der Waals surface area contributed by atoms with Crippen LogP contribution in [0, 0.1) is 6.92 Å². The van der Waals surface area contributed by atoms with Crippen LogP contribution < -0.4 is 9.62 Å². The SMILES string of the molecule is Cc1cccc(CN(C(=O)CCCN2c3cccc4cccc(c34)S2(=O)=O)[C@@H](Cc2ccccc2)C(=O)NC(C)C)c1. The number of nitrogens with zero attached hydrogens (tertiary/aromatic N) is 2. The first-order chi connectivity index (χ1) is 20.1. The Morgan fingerprint density at radius 1 is 0.881 bits per heavy atom. The Morgan fingerprint density at radius 3 is 2.29 bits per heavy atom. The number of sulfonamides is 1. The van der Waals surface area contributed by atoms with E-state index in [1.807, 2.05) is 99.6 Å². The molecule has 1 heterocycles. The third kappa shape index (κ3) is 6.19. The van der Waals surface area contributed by atoms with Gasteiger partial charge in [0.1, 0.15) is 6.04 Å². The van der Waals surface area contributed by atoms with E-state index in [4.69, 9.17) is 0 Å². The molecule has 4 aromatic carbocycles. The Kier molecular flexibility index (Phi) is 8.64. The molecule has 1 N–H and O–H groups in total. The minimum absolute atomic E-state index is 0.0867. The maximum Gasteiger partial charge on any atom is 0.265 e. The average molecular weight is 584 g/mol. The second kappa shape index (κ2) is 12.4. The van der Waals surface area contributed by atoms with Crippen molar-refractivity contribution in [3.05, 3.63) is 108 Å². The monoisotopic (exact) mass is 583 g/mol. The lowest BCUT2D eigenvalue weighted by Gasteiger charge is -2.32. The lowest BCUT2D eigenvalue weighted by molar-refractivity contribution is -0.141.